The molecule has 2 heterocycles. The van der Waals surface area contributed by atoms with Crippen LogP contribution in [0.15, 0.2) is 36.7 Å². The van der Waals surface area contributed by atoms with Crippen molar-refractivity contribution in [2.24, 2.45) is 0 Å². The highest BCUT2D eigenvalue weighted by Crippen LogP contribution is 2.19. The van der Waals surface area contributed by atoms with Gasteiger partial charge in [-0.3, -0.25) is 14.2 Å². The number of nitrogens with one attached hydrogen (secondary N) is 1. The molecule has 1 amide bonds. The summed E-state index contributed by atoms with van der Waals surface area (Å²) >= 11 is 6.13. The zero-order valence-electron chi connectivity index (χ0n) is 15.2. The molecule has 1 aromatic carbocycles. The number of amides is 1. The monoisotopic (exact) mass is 371 g/mol. The summed E-state index contributed by atoms with van der Waals surface area (Å²) in [4.78, 5) is 12.2. The van der Waals surface area contributed by atoms with Gasteiger partial charge in [-0.05, 0) is 26.3 Å². The van der Waals surface area contributed by atoms with Crippen molar-refractivity contribution in [3.05, 3.63) is 64.2 Å². The van der Waals surface area contributed by atoms with Crippen molar-refractivity contribution in [1.82, 2.24) is 19.6 Å². The summed E-state index contributed by atoms with van der Waals surface area (Å²) < 4.78 is 3.57. The molecule has 0 aliphatic heterocycles. The first-order valence-electron chi connectivity index (χ1n) is 8.49. The molecule has 6 nitrogen and oxygen atoms in total. The minimum atomic E-state index is -0.0798. The number of aromatic nitrogens is 4. The molecule has 3 aromatic rings. The van der Waals surface area contributed by atoms with E-state index in [1.165, 1.54) is 11.1 Å². The number of nitrogens with zero attached hydrogens (tertiary/aromatic N) is 4. The number of hydrogen-bond donors (Lipinski definition) is 1. The smallest absolute Gasteiger partial charge is 0.226 e. The highest BCUT2D eigenvalue weighted by Gasteiger charge is 2.11. The maximum atomic E-state index is 12.2. The molecular formula is C19H22ClN5O. The fourth-order valence-corrected chi connectivity index (χ4v) is 2.97. The Bertz CT molecular complexity index is 928. The molecule has 0 unspecified atom stereocenters. The van der Waals surface area contributed by atoms with Gasteiger partial charge in [-0.1, -0.05) is 41.4 Å². The van der Waals surface area contributed by atoms with Crippen LogP contribution in [0.2, 0.25) is 5.02 Å². The van der Waals surface area contributed by atoms with E-state index in [-0.39, 0.29) is 5.91 Å². The fourth-order valence-electron chi connectivity index (χ4n) is 2.84. The third kappa shape index (κ3) is 4.32. The highest BCUT2D eigenvalue weighted by molar-refractivity contribution is 6.31. The zero-order chi connectivity index (χ0) is 18.7. The minimum Gasteiger partial charge on any atom is -0.323 e. The summed E-state index contributed by atoms with van der Waals surface area (Å²) in [6, 6.07) is 8.28. The average Bonchev–Trinajstić information content (AvgIpc) is 3.12. The van der Waals surface area contributed by atoms with Crippen molar-refractivity contribution in [3.8, 4) is 0 Å². The maximum absolute atomic E-state index is 12.2. The molecule has 0 saturated carbocycles. The minimum absolute atomic E-state index is 0.0798. The van der Waals surface area contributed by atoms with E-state index in [0.29, 0.717) is 30.2 Å². The van der Waals surface area contributed by atoms with Gasteiger partial charge in [0.1, 0.15) is 0 Å². The molecule has 0 radical (unpaired) electrons. The van der Waals surface area contributed by atoms with E-state index < -0.39 is 0 Å². The molecule has 2 aromatic heterocycles. The largest absolute Gasteiger partial charge is 0.323 e. The van der Waals surface area contributed by atoms with Gasteiger partial charge in [0, 0.05) is 12.6 Å². The van der Waals surface area contributed by atoms with Gasteiger partial charge in [0.25, 0.3) is 0 Å². The molecule has 7 heteroatoms. The van der Waals surface area contributed by atoms with E-state index in [1.54, 1.807) is 10.9 Å². The second kappa shape index (κ2) is 7.74. The fraction of sp³-hybridized carbons (Fsp3) is 0.316. The Morgan fingerprint density at radius 1 is 1.27 bits per heavy atom. The normalized spacial score (nSPS) is 10.9. The third-order valence-electron chi connectivity index (χ3n) is 4.19. The highest BCUT2D eigenvalue weighted by atomic mass is 35.5. The molecule has 0 bridgehead atoms. The van der Waals surface area contributed by atoms with Crippen molar-refractivity contribution in [2.75, 3.05) is 5.32 Å². The molecule has 0 saturated heterocycles. The van der Waals surface area contributed by atoms with Crippen LogP contribution in [0.1, 0.15) is 28.9 Å². The van der Waals surface area contributed by atoms with Crippen molar-refractivity contribution in [2.45, 2.75) is 40.3 Å². The topological polar surface area (TPSA) is 64.7 Å². The van der Waals surface area contributed by atoms with E-state index >= 15 is 0 Å². The lowest BCUT2D eigenvalue weighted by atomic mass is 10.1. The Hall–Kier alpha value is -2.60. The third-order valence-corrected chi connectivity index (χ3v) is 4.73. The summed E-state index contributed by atoms with van der Waals surface area (Å²) in [7, 11) is 0. The van der Waals surface area contributed by atoms with Crippen LogP contribution in [0.5, 0.6) is 0 Å². The predicted octanol–water partition coefficient (Wildman–Crippen LogP) is 3.74. The molecule has 0 spiro atoms. The lowest BCUT2D eigenvalue weighted by Crippen LogP contribution is -2.15. The summed E-state index contributed by atoms with van der Waals surface area (Å²) in [5.41, 5.74) is 4.74. The first-order chi connectivity index (χ1) is 12.4. The Morgan fingerprint density at radius 3 is 2.77 bits per heavy atom. The lowest BCUT2D eigenvalue weighted by Gasteiger charge is -2.05. The molecule has 0 aliphatic carbocycles. The first kappa shape index (κ1) is 18.2. The zero-order valence-corrected chi connectivity index (χ0v) is 15.9. The molecule has 3 rings (SSSR count). The molecule has 0 aliphatic rings. The van der Waals surface area contributed by atoms with Gasteiger partial charge in [0.05, 0.1) is 41.4 Å². The van der Waals surface area contributed by atoms with Crippen LogP contribution in [-0.2, 0) is 17.9 Å². The summed E-state index contributed by atoms with van der Waals surface area (Å²) in [5.74, 6) is -0.0798. The van der Waals surface area contributed by atoms with Crippen LogP contribution in [0, 0.1) is 20.8 Å². The van der Waals surface area contributed by atoms with Gasteiger partial charge in [0.2, 0.25) is 5.91 Å². The Balaban J connectivity index is 1.55. The van der Waals surface area contributed by atoms with Crippen LogP contribution in [0.25, 0.3) is 0 Å². The molecule has 26 heavy (non-hydrogen) atoms. The van der Waals surface area contributed by atoms with Gasteiger partial charge in [-0.15, -0.1) is 0 Å². The van der Waals surface area contributed by atoms with Crippen molar-refractivity contribution in [1.29, 1.82) is 0 Å². The van der Waals surface area contributed by atoms with E-state index in [9.17, 15) is 4.79 Å². The second-order valence-electron chi connectivity index (χ2n) is 6.42. The van der Waals surface area contributed by atoms with E-state index in [0.717, 1.165) is 11.4 Å². The Morgan fingerprint density at radius 2 is 2.08 bits per heavy atom. The predicted molar refractivity (Wildman–Crippen MR) is 102 cm³/mol. The first-order valence-corrected chi connectivity index (χ1v) is 8.87. The quantitative estimate of drug-likeness (QED) is 0.717. The number of carbonyl (C=O) groups is 1. The standard InChI is InChI=1S/C19H22ClN5O/c1-13-5-4-6-16(9-13)11-24-12-17(10-21-24)22-18(26)7-8-25-15(3)19(20)14(2)23-25/h4-6,9-10,12H,7-8,11H2,1-3H3,(H,22,26). The van der Waals surface area contributed by atoms with Crippen LogP contribution in [-0.4, -0.2) is 25.5 Å². The number of benzene rings is 1. The molecule has 0 fully saturated rings. The summed E-state index contributed by atoms with van der Waals surface area (Å²) in [6.45, 7) is 6.97. The van der Waals surface area contributed by atoms with Crippen molar-refractivity contribution in [3.63, 3.8) is 0 Å². The number of rotatable bonds is 6. The van der Waals surface area contributed by atoms with E-state index in [4.69, 9.17) is 11.6 Å². The molecule has 1 N–H and O–H groups in total. The number of aryl methyl sites for hydroxylation is 3. The summed E-state index contributed by atoms with van der Waals surface area (Å²) in [6.07, 6.45) is 3.82. The van der Waals surface area contributed by atoms with E-state index in [1.807, 2.05) is 30.8 Å². The molecular weight excluding hydrogens is 350 g/mol. The van der Waals surface area contributed by atoms with Crippen LogP contribution in [0.4, 0.5) is 5.69 Å². The van der Waals surface area contributed by atoms with Crippen LogP contribution >= 0.6 is 11.6 Å². The van der Waals surface area contributed by atoms with E-state index in [2.05, 4.69) is 40.6 Å². The second-order valence-corrected chi connectivity index (χ2v) is 6.80. The SMILES string of the molecule is Cc1cccc(Cn2cc(NC(=O)CCn3nc(C)c(Cl)c3C)cn2)c1. The average molecular weight is 372 g/mol. The number of hydrogen-bond acceptors (Lipinski definition) is 3. The Kier molecular flexibility index (Phi) is 5.42. The maximum Gasteiger partial charge on any atom is 0.226 e. The summed E-state index contributed by atoms with van der Waals surface area (Å²) in [5, 5.41) is 12.2. The van der Waals surface area contributed by atoms with Gasteiger partial charge >= 0.3 is 0 Å². The number of halogens is 1. The molecule has 0 atom stereocenters. The van der Waals surface area contributed by atoms with Gasteiger partial charge in [0.15, 0.2) is 0 Å². The van der Waals surface area contributed by atoms with Crippen molar-refractivity contribution < 1.29 is 4.79 Å². The molecule has 136 valence electrons. The van der Waals surface area contributed by atoms with Crippen LogP contribution < -0.4 is 5.32 Å². The Labute approximate surface area is 157 Å². The van der Waals surface area contributed by atoms with Crippen molar-refractivity contribution >= 4 is 23.2 Å². The van der Waals surface area contributed by atoms with Crippen LogP contribution in [0.3, 0.4) is 0 Å². The van der Waals surface area contributed by atoms with Gasteiger partial charge < -0.3 is 5.32 Å². The lowest BCUT2D eigenvalue weighted by molar-refractivity contribution is -0.116. The number of carbonyl (C=O) groups excluding carboxylic acids is 1. The van der Waals surface area contributed by atoms with Gasteiger partial charge in [-0.2, -0.15) is 10.2 Å². The number of anilines is 1. The van der Waals surface area contributed by atoms with Gasteiger partial charge in [-0.25, -0.2) is 0 Å².